The first-order valence-corrected chi connectivity index (χ1v) is 10.6. The molecule has 1 aromatic rings. The van der Waals surface area contributed by atoms with Gasteiger partial charge in [-0.2, -0.15) is 0 Å². The molecule has 6 heteroatoms. The maximum Gasteiger partial charge on any atom is 0.243 e. The number of likely N-dealkylation sites (N-methyl/N-ethyl adjacent to an activating group) is 2. The molecule has 28 heavy (non-hydrogen) atoms. The number of guanidine groups is 1. The van der Waals surface area contributed by atoms with Crippen LogP contribution in [0.2, 0.25) is 0 Å². The van der Waals surface area contributed by atoms with E-state index in [9.17, 15) is 4.79 Å². The minimum atomic E-state index is 0.0101. The standard InChI is InChI=1S/C22H37N5O/c1-5-27(6-2)20(18-12-8-7-9-13-18)16-23-22(24-17-21(28)26(3)4)25-19-14-10-11-15-19/h7-9,12-13,19-20H,5-6,10-11,14-17H2,1-4H3,(H2,23,24,25). The molecule has 6 nitrogen and oxygen atoms in total. The Bertz CT molecular complexity index is 607. The Kier molecular flexibility index (Phi) is 9.28. The van der Waals surface area contributed by atoms with Crippen molar-refractivity contribution in [1.82, 2.24) is 20.4 Å². The van der Waals surface area contributed by atoms with Crippen LogP contribution in [0.25, 0.3) is 0 Å². The van der Waals surface area contributed by atoms with Crippen LogP contribution in [-0.4, -0.2) is 68.0 Å². The van der Waals surface area contributed by atoms with Crippen molar-refractivity contribution < 1.29 is 4.79 Å². The van der Waals surface area contributed by atoms with Gasteiger partial charge in [-0.15, -0.1) is 0 Å². The molecule has 1 aliphatic carbocycles. The Hall–Kier alpha value is -2.08. The molecule has 0 aliphatic heterocycles. The molecule has 1 fully saturated rings. The SMILES string of the molecule is CCN(CC)C(CNC(=NCC(=O)N(C)C)NC1CCCC1)c1ccccc1. The van der Waals surface area contributed by atoms with Gasteiger partial charge in [0.25, 0.3) is 0 Å². The van der Waals surface area contributed by atoms with Gasteiger partial charge < -0.3 is 15.5 Å². The molecule has 1 aliphatic rings. The summed E-state index contributed by atoms with van der Waals surface area (Å²) in [7, 11) is 3.53. The summed E-state index contributed by atoms with van der Waals surface area (Å²) in [5.41, 5.74) is 1.29. The lowest BCUT2D eigenvalue weighted by Crippen LogP contribution is -2.46. The molecule has 1 atom stereocenters. The minimum absolute atomic E-state index is 0.0101. The number of amides is 1. The third kappa shape index (κ3) is 6.82. The van der Waals surface area contributed by atoms with Crippen molar-refractivity contribution in [3.63, 3.8) is 0 Å². The number of nitrogens with zero attached hydrogens (tertiary/aromatic N) is 3. The van der Waals surface area contributed by atoms with E-state index in [0.717, 1.165) is 25.6 Å². The molecule has 1 amide bonds. The van der Waals surface area contributed by atoms with E-state index in [4.69, 9.17) is 0 Å². The number of hydrogen-bond acceptors (Lipinski definition) is 3. The van der Waals surface area contributed by atoms with E-state index in [2.05, 4.69) is 64.7 Å². The molecule has 0 spiro atoms. The maximum atomic E-state index is 12.0. The number of carbonyl (C=O) groups is 1. The van der Waals surface area contributed by atoms with Crippen molar-refractivity contribution in [3.8, 4) is 0 Å². The molecular formula is C22H37N5O. The highest BCUT2D eigenvalue weighted by Crippen LogP contribution is 2.20. The maximum absolute atomic E-state index is 12.0. The van der Waals surface area contributed by atoms with E-state index in [0.29, 0.717) is 6.04 Å². The van der Waals surface area contributed by atoms with E-state index in [1.807, 2.05) is 0 Å². The number of nitrogens with one attached hydrogen (secondary N) is 2. The van der Waals surface area contributed by atoms with Crippen LogP contribution < -0.4 is 10.6 Å². The third-order valence-electron chi connectivity index (χ3n) is 5.47. The summed E-state index contributed by atoms with van der Waals surface area (Å²) in [4.78, 5) is 20.6. The molecule has 0 saturated heterocycles. The van der Waals surface area contributed by atoms with E-state index >= 15 is 0 Å². The van der Waals surface area contributed by atoms with Crippen molar-refractivity contribution in [1.29, 1.82) is 0 Å². The predicted octanol–water partition coefficient (Wildman–Crippen LogP) is 2.64. The number of hydrogen-bond donors (Lipinski definition) is 2. The first-order valence-electron chi connectivity index (χ1n) is 10.6. The van der Waals surface area contributed by atoms with Gasteiger partial charge in [0, 0.05) is 26.7 Å². The molecule has 1 aromatic carbocycles. The molecule has 0 bridgehead atoms. The van der Waals surface area contributed by atoms with Gasteiger partial charge in [-0.25, -0.2) is 4.99 Å². The third-order valence-corrected chi connectivity index (χ3v) is 5.47. The molecule has 0 radical (unpaired) electrons. The van der Waals surface area contributed by atoms with Gasteiger partial charge in [-0.05, 0) is 31.5 Å². The topological polar surface area (TPSA) is 60.0 Å². The smallest absolute Gasteiger partial charge is 0.243 e. The van der Waals surface area contributed by atoms with Gasteiger partial charge in [0.2, 0.25) is 5.91 Å². The van der Waals surface area contributed by atoms with E-state index < -0.39 is 0 Å². The summed E-state index contributed by atoms with van der Waals surface area (Å²) in [6, 6.07) is 11.3. The largest absolute Gasteiger partial charge is 0.354 e. The fourth-order valence-corrected chi connectivity index (χ4v) is 3.69. The zero-order valence-electron chi connectivity index (χ0n) is 17.9. The minimum Gasteiger partial charge on any atom is -0.354 e. The summed E-state index contributed by atoms with van der Waals surface area (Å²) >= 11 is 0. The summed E-state index contributed by atoms with van der Waals surface area (Å²) in [6.45, 7) is 7.28. The summed E-state index contributed by atoms with van der Waals surface area (Å²) in [5.74, 6) is 0.756. The van der Waals surface area contributed by atoms with Crippen molar-refractivity contribution in [2.75, 3.05) is 40.3 Å². The monoisotopic (exact) mass is 387 g/mol. The second-order valence-electron chi connectivity index (χ2n) is 7.61. The van der Waals surface area contributed by atoms with E-state index in [-0.39, 0.29) is 18.5 Å². The fourth-order valence-electron chi connectivity index (χ4n) is 3.69. The summed E-state index contributed by atoms with van der Waals surface area (Å²) in [6.07, 6.45) is 4.85. The highest BCUT2D eigenvalue weighted by molar-refractivity contribution is 5.85. The van der Waals surface area contributed by atoms with Crippen LogP contribution in [-0.2, 0) is 4.79 Å². The van der Waals surface area contributed by atoms with Crippen molar-refractivity contribution in [2.24, 2.45) is 4.99 Å². The van der Waals surface area contributed by atoms with Crippen LogP contribution in [0.5, 0.6) is 0 Å². The fraction of sp³-hybridized carbons (Fsp3) is 0.636. The zero-order valence-corrected chi connectivity index (χ0v) is 17.9. The van der Waals surface area contributed by atoms with E-state index in [1.165, 1.54) is 31.2 Å². The van der Waals surface area contributed by atoms with Crippen molar-refractivity contribution in [3.05, 3.63) is 35.9 Å². The van der Waals surface area contributed by atoms with Crippen LogP contribution in [0, 0.1) is 0 Å². The Balaban J connectivity index is 2.10. The van der Waals surface area contributed by atoms with Gasteiger partial charge in [-0.3, -0.25) is 9.69 Å². The molecule has 1 unspecified atom stereocenters. The van der Waals surface area contributed by atoms with Gasteiger partial charge >= 0.3 is 0 Å². The Morgan fingerprint density at radius 3 is 2.36 bits per heavy atom. The lowest BCUT2D eigenvalue weighted by Gasteiger charge is -2.31. The Labute approximate surface area is 170 Å². The first-order chi connectivity index (χ1) is 13.5. The van der Waals surface area contributed by atoms with Gasteiger partial charge in [-0.1, -0.05) is 57.0 Å². The van der Waals surface area contributed by atoms with Gasteiger partial charge in [0.15, 0.2) is 5.96 Å². The average Bonchev–Trinajstić information content (AvgIpc) is 3.22. The molecule has 0 heterocycles. The quantitative estimate of drug-likeness (QED) is 0.505. The van der Waals surface area contributed by atoms with Crippen molar-refractivity contribution in [2.45, 2.75) is 51.6 Å². The molecular weight excluding hydrogens is 350 g/mol. The second-order valence-corrected chi connectivity index (χ2v) is 7.61. The lowest BCUT2D eigenvalue weighted by molar-refractivity contribution is -0.127. The highest BCUT2D eigenvalue weighted by atomic mass is 16.2. The predicted molar refractivity (Wildman–Crippen MR) is 116 cm³/mol. The summed E-state index contributed by atoms with van der Waals surface area (Å²) < 4.78 is 0. The van der Waals surface area contributed by atoms with Crippen LogP contribution in [0.4, 0.5) is 0 Å². The van der Waals surface area contributed by atoms with Crippen LogP contribution in [0.15, 0.2) is 35.3 Å². The molecule has 156 valence electrons. The van der Waals surface area contributed by atoms with Gasteiger partial charge in [0.05, 0.1) is 6.04 Å². The number of aliphatic imine (C=N–C) groups is 1. The van der Waals surface area contributed by atoms with E-state index in [1.54, 1.807) is 19.0 Å². The van der Waals surface area contributed by atoms with Crippen LogP contribution in [0.1, 0.15) is 51.1 Å². The molecule has 2 N–H and O–H groups in total. The zero-order chi connectivity index (χ0) is 20.4. The lowest BCUT2D eigenvalue weighted by atomic mass is 10.1. The molecule has 1 saturated carbocycles. The Morgan fingerprint density at radius 1 is 1.14 bits per heavy atom. The summed E-state index contributed by atoms with van der Waals surface area (Å²) in [5, 5.41) is 7.06. The molecule has 2 rings (SSSR count). The highest BCUT2D eigenvalue weighted by Gasteiger charge is 2.20. The van der Waals surface area contributed by atoms with Crippen LogP contribution in [0.3, 0.4) is 0 Å². The van der Waals surface area contributed by atoms with Gasteiger partial charge in [0.1, 0.15) is 6.54 Å². The van der Waals surface area contributed by atoms with Crippen molar-refractivity contribution >= 4 is 11.9 Å². The average molecular weight is 388 g/mol. The number of rotatable bonds is 9. The first kappa shape index (κ1) is 22.2. The number of carbonyl (C=O) groups excluding carboxylic acids is 1. The van der Waals surface area contributed by atoms with Crippen LogP contribution >= 0.6 is 0 Å². The Morgan fingerprint density at radius 2 is 1.79 bits per heavy atom. The molecule has 0 aromatic heterocycles. The number of benzene rings is 1. The second kappa shape index (κ2) is 11.7. The normalized spacial score (nSPS) is 16.2.